The van der Waals surface area contributed by atoms with Crippen LogP contribution < -0.4 is 0 Å². The van der Waals surface area contributed by atoms with E-state index in [0.29, 0.717) is 18.8 Å². The fourth-order valence-corrected chi connectivity index (χ4v) is 4.25. The molecule has 1 aliphatic heterocycles. The Labute approximate surface area is 166 Å². The Morgan fingerprint density at radius 3 is 2.50 bits per heavy atom. The van der Waals surface area contributed by atoms with Gasteiger partial charge in [-0.15, -0.1) is 0 Å². The molecule has 3 aromatic rings. The van der Waals surface area contributed by atoms with Gasteiger partial charge in [-0.25, -0.2) is 4.79 Å². The minimum atomic E-state index is -0.226. The van der Waals surface area contributed by atoms with Gasteiger partial charge in [-0.05, 0) is 37.0 Å². The molecule has 2 heterocycles. The van der Waals surface area contributed by atoms with Gasteiger partial charge in [-0.3, -0.25) is 0 Å². The van der Waals surface area contributed by atoms with E-state index in [2.05, 4.69) is 29.8 Å². The lowest BCUT2D eigenvalue weighted by Gasteiger charge is -2.37. The van der Waals surface area contributed by atoms with Crippen molar-refractivity contribution < 1.29 is 14.0 Å². The molecule has 1 saturated heterocycles. The maximum atomic E-state index is 12.9. The van der Waals surface area contributed by atoms with Crippen LogP contribution in [-0.2, 0) is 11.3 Å². The fraction of sp³-hybridized carbons (Fsp3) is 0.375. The summed E-state index contributed by atoms with van der Waals surface area (Å²) >= 11 is 0. The smallest absolute Gasteiger partial charge is 0.355 e. The van der Waals surface area contributed by atoms with Crippen LogP contribution in [-0.4, -0.2) is 48.3 Å². The highest BCUT2D eigenvalue weighted by molar-refractivity contribution is 5.95. The van der Waals surface area contributed by atoms with E-state index < -0.39 is 0 Å². The van der Waals surface area contributed by atoms with Crippen LogP contribution in [0.4, 0.5) is 0 Å². The van der Waals surface area contributed by atoms with Crippen LogP contribution in [0, 0.1) is 0 Å². The highest BCUT2D eigenvalue weighted by atomic mass is 16.5. The number of hydrogen-bond acceptors (Lipinski definition) is 2. The first-order valence-electron chi connectivity index (χ1n) is 10.3. The molecule has 0 bridgehead atoms. The lowest BCUT2D eigenvalue weighted by atomic mass is 10.1. The molecule has 0 amide bonds. The predicted molar refractivity (Wildman–Crippen MR) is 112 cm³/mol. The molecule has 0 atom stereocenters. The highest BCUT2D eigenvalue weighted by Crippen LogP contribution is 2.22. The molecule has 0 saturated carbocycles. The van der Waals surface area contributed by atoms with Crippen LogP contribution >= 0.6 is 0 Å². The van der Waals surface area contributed by atoms with Gasteiger partial charge in [0.25, 0.3) is 0 Å². The molecular weight excluding hydrogens is 348 g/mol. The van der Waals surface area contributed by atoms with Crippen molar-refractivity contribution in [3.8, 4) is 0 Å². The first-order valence-corrected chi connectivity index (χ1v) is 10.3. The van der Waals surface area contributed by atoms with E-state index in [-0.39, 0.29) is 5.97 Å². The molecule has 1 aromatic heterocycles. The number of nitrogens with zero attached hydrogens (tertiary/aromatic N) is 2. The number of para-hydroxylation sites is 1. The van der Waals surface area contributed by atoms with Crippen molar-refractivity contribution in [2.45, 2.75) is 25.8 Å². The largest absolute Gasteiger partial charge is 0.455 e. The second-order valence-electron chi connectivity index (χ2n) is 8.15. The molecule has 4 heteroatoms. The second-order valence-corrected chi connectivity index (χ2v) is 8.15. The Hall–Kier alpha value is -2.59. The number of carbonyl (C=O) groups excluding carboxylic acids is 1. The number of likely N-dealkylation sites (N-methyl/N-ethyl adjacent to an activating group) is 1. The monoisotopic (exact) mass is 377 g/mol. The first kappa shape index (κ1) is 18.8. The number of quaternary nitrogens is 1. The molecule has 28 heavy (non-hydrogen) atoms. The predicted octanol–water partition coefficient (Wildman–Crippen LogP) is 4.48. The first-order chi connectivity index (χ1) is 13.6. The summed E-state index contributed by atoms with van der Waals surface area (Å²) in [4.78, 5) is 12.9. The minimum absolute atomic E-state index is 0.226. The summed E-state index contributed by atoms with van der Waals surface area (Å²) < 4.78 is 8.82. The quantitative estimate of drug-likeness (QED) is 0.469. The number of aromatic nitrogens is 1. The molecule has 0 aliphatic carbocycles. The zero-order valence-electron chi connectivity index (χ0n) is 16.6. The van der Waals surface area contributed by atoms with Gasteiger partial charge in [0.1, 0.15) is 18.8 Å². The third-order valence-corrected chi connectivity index (χ3v) is 5.96. The molecule has 0 radical (unpaired) electrons. The fourth-order valence-electron chi connectivity index (χ4n) is 4.25. The summed E-state index contributed by atoms with van der Waals surface area (Å²) in [5.41, 5.74) is 2.86. The summed E-state index contributed by atoms with van der Waals surface area (Å²) in [5, 5.41) is 1.07. The molecular formula is C24H29N2O2+. The summed E-state index contributed by atoms with van der Waals surface area (Å²) in [6, 6.07) is 20.3. The second kappa shape index (κ2) is 8.19. The normalized spacial score (nSPS) is 16.2. The van der Waals surface area contributed by atoms with Gasteiger partial charge >= 0.3 is 5.97 Å². The van der Waals surface area contributed by atoms with Crippen molar-refractivity contribution in [2.24, 2.45) is 0 Å². The van der Waals surface area contributed by atoms with Crippen LogP contribution in [0.3, 0.4) is 0 Å². The third-order valence-electron chi connectivity index (χ3n) is 5.96. The molecule has 1 aliphatic rings. The maximum absolute atomic E-state index is 12.9. The number of rotatable bonds is 6. The lowest BCUT2D eigenvalue weighted by Crippen LogP contribution is -2.49. The SMILES string of the molecule is C[N+]1(CCOC(=O)c2cc3ccccc3n2Cc2ccccc2)CCCCC1. The summed E-state index contributed by atoms with van der Waals surface area (Å²) in [6.45, 7) is 4.40. The van der Waals surface area contributed by atoms with Crippen molar-refractivity contribution in [3.05, 3.63) is 71.9 Å². The van der Waals surface area contributed by atoms with E-state index in [9.17, 15) is 4.79 Å². The van der Waals surface area contributed by atoms with Crippen LogP contribution in [0.2, 0.25) is 0 Å². The highest BCUT2D eigenvalue weighted by Gasteiger charge is 2.25. The third kappa shape index (κ3) is 4.12. The van der Waals surface area contributed by atoms with E-state index in [1.54, 1.807) is 0 Å². The van der Waals surface area contributed by atoms with E-state index in [1.807, 2.05) is 42.5 Å². The minimum Gasteiger partial charge on any atom is -0.455 e. The zero-order chi connectivity index (χ0) is 19.4. The Balaban J connectivity index is 1.52. The van der Waals surface area contributed by atoms with Gasteiger partial charge in [0.05, 0.1) is 20.1 Å². The summed E-state index contributed by atoms with van der Waals surface area (Å²) in [6.07, 6.45) is 3.87. The van der Waals surface area contributed by atoms with Crippen LogP contribution in [0.1, 0.15) is 35.3 Å². The van der Waals surface area contributed by atoms with Crippen molar-refractivity contribution >= 4 is 16.9 Å². The number of hydrogen-bond donors (Lipinski definition) is 0. The van der Waals surface area contributed by atoms with Crippen molar-refractivity contribution in [3.63, 3.8) is 0 Å². The number of carbonyl (C=O) groups is 1. The molecule has 0 N–H and O–H groups in total. The number of fused-ring (bicyclic) bond motifs is 1. The number of ether oxygens (including phenoxy) is 1. The molecule has 4 nitrogen and oxygen atoms in total. The van der Waals surface area contributed by atoms with Crippen LogP contribution in [0.15, 0.2) is 60.7 Å². The lowest BCUT2D eigenvalue weighted by molar-refractivity contribution is -0.914. The molecule has 1 fully saturated rings. The summed E-state index contributed by atoms with van der Waals surface area (Å²) in [5.74, 6) is -0.226. The van der Waals surface area contributed by atoms with Crippen LogP contribution in [0.25, 0.3) is 10.9 Å². The Morgan fingerprint density at radius 1 is 1.00 bits per heavy atom. The Morgan fingerprint density at radius 2 is 1.71 bits per heavy atom. The van der Waals surface area contributed by atoms with Crippen molar-refractivity contribution in [1.29, 1.82) is 0 Å². The molecule has 0 unspecified atom stereocenters. The van der Waals surface area contributed by atoms with Crippen molar-refractivity contribution in [2.75, 3.05) is 33.3 Å². The molecule has 4 rings (SSSR count). The average molecular weight is 378 g/mol. The molecule has 2 aromatic carbocycles. The van der Waals surface area contributed by atoms with E-state index in [4.69, 9.17) is 4.74 Å². The number of benzene rings is 2. The van der Waals surface area contributed by atoms with E-state index >= 15 is 0 Å². The van der Waals surface area contributed by atoms with Gasteiger partial charge in [-0.2, -0.15) is 0 Å². The van der Waals surface area contributed by atoms with Crippen molar-refractivity contribution in [1.82, 2.24) is 4.57 Å². The number of esters is 1. The molecule has 146 valence electrons. The van der Waals surface area contributed by atoms with Gasteiger partial charge in [0.15, 0.2) is 0 Å². The topological polar surface area (TPSA) is 31.2 Å². The number of piperidine rings is 1. The van der Waals surface area contributed by atoms with Gasteiger partial charge < -0.3 is 13.8 Å². The maximum Gasteiger partial charge on any atom is 0.355 e. The van der Waals surface area contributed by atoms with Gasteiger partial charge in [0, 0.05) is 17.4 Å². The average Bonchev–Trinajstić information content (AvgIpc) is 3.08. The Kier molecular flexibility index (Phi) is 5.49. The Bertz CT molecular complexity index is 940. The molecule has 0 spiro atoms. The standard InChI is InChI=1S/C24H29N2O2/c1-26(14-8-3-9-15-26)16-17-28-24(27)23-18-21-12-6-7-13-22(21)25(23)19-20-10-4-2-5-11-20/h2,4-7,10-13,18H,3,8-9,14-17,19H2,1H3/q+1. The van der Waals surface area contributed by atoms with E-state index in [0.717, 1.165) is 21.9 Å². The summed E-state index contributed by atoms with van der Waals surface area (Å²) in [7, 11) is 2.28. The van der Waals surface area contributed by atoms with Crippen LogP contribution in [0.5, 0.6) is 0 Å². The van der Waals surface area contributed by atoms with E-state index in [1.165, 1.54) is 37.9 Å². The zero-order valence-corrected chi connectivity index (χ0v) is 16.6. The number of likely N-dealkylation sites (tertiary alicyclic amines) is 1. The van der Waals surface area contributed by atoms with Gasteiger partial charge in [0.2, 0.25) is 0 Å². The van der Waals surface area contributed by atoms with Gasteiger partial charge in [-0.1, -0.05) is 48.5 Å².